The minimum atomic E-state index is -0.144. The Morgan fingerprint density at radius 1 is 1.27 bits per heavy atom. The van der Waals surface area contributed by atoms with E-state index >= 15 is 0 Å². The number of amides is 1. The van der Waals surface area contributed by atoms with Crippen LogP contribution in [0.25, 0.3) is 0 Å². The molecule has 3 nitrogen and oxygen atoms in total. The molecule has 1 aliphatic rings. The second kappa shape index (κ2) is 10.6. The third-order valence-corrected chi connectivity index (χ3v) is 5.08. The average Bonchev–Trinajstić information content (AvgIpc) is 2.65. The maximum atomic E-state index is 12.8. The van der Waals surface area contributed by atoms with Gasteiger partial charge in [-0.25, -0.2) is 0 Å². The van der Waals surface area contributed by atoms with E-state index < -0.39 is 0 Å². The van der Waals surface area contributed by atoms with Crippen molar-refractivity contribution >= 4 is 29.1 Å². The van der Waals surface area contributed by atoms with E-state index in [1.165, 1.54) is 0 Å². The number of aliphatic hydroxyl groups excluding tert-OH is 1. The Bertz CT molecular complexity index is 687. The average molecular weight is 396 g/mol. The lowest BCUT2D eigenvalue weighted by atomic mass is 9.93. The SMILES string of the molecule is C=CC1=C(C=C)C(C)N(C(=O)Cc2c(Cl)cc(CO)cc2Cl)CC1.CC. The second-order valence-electron chi connectivity index (χ2n) is 5.77. The van der Waals surface area contributed by atoms with Gasteiger partial charge in [0.25, 0.3) is 0 Å². The molecule has 5 heteroatoms. The van der Waals surface area contributed by atoms with Gasteiger partial charge in [-0.2, -0.15) is 0 Å². The zero-order valence-electron chi connectivity index (χ0n) is 15.7. The van der Waals surface area contributed by atoms with Crippen LogP contribution in [0.15, 0.2) is 48.6 Å². The molecule has 1 aromatic carbocycles. The lowest BCUT2D eigenvalue weighted by Gasteiger charge is -2.35. The number of rotatable bonds is 5. The van der Waals surface area contributed by atoms with Crippen LogP contribution in [0.3, 0.4) is 0 Å². The summed E-state index contributed by atoms with van der Waals surface area (Å²) in [5, 5.41) is 9.99. The fourth-order valence-corrected chi connectivity index (χ4v) is 3.71. The molecule has 0 saturated heterocycles. The summed E-state index contributed by atoms with van der Waals surface area (Å²) in [4.78, 5) is 14.6. The Morgan fingerprint density at radius 2 is 1.85 bits per heavy atom. The van der Waals surface area contributed by atoms with Gasteiger partial charge >= 0.3 is 0 Å². The Labute approximate surface area is 166 Å². The van der Waals surface area contributed by atoms with Crippen LogP contribution < -0.4 is 0 Å². The molecule has 0 aromatic heterocycles. The van der Waals surface area contributed by atoms with Crippen molar-refractivity contribution in [2.45, 2.75) is 46.3 Å². The summed E-state index contributed by atoms with van der Waals surface area (Å²) in [6, 6.07) is 3.22. The molecular weight excluding hydrogens is 369 g/mol. The number of hydrogen-bond donors (Lipinski definition) is 1. The Hall–Kier alpha value is -1.55. The molecule has 26 heavy (non-hydrogen) atoms. The van der Waals surface area contributed by atoms with E-state index in [0.717, 1.165) is 17.6 Å². The van der Waals surface area contributed by atoms with Crippen LogP contribution >= 0.6 is 23.2 Å². The number of carbonyl (C=O) groups excluding carboxylic acids is 1. The first-order valence-corrected chi connectivity index (χ1v) is 9.53. The minimum absolute atomic E-state index is 0.0366. The van der Waals surface area contributed by atoms with Gasteiger partial charge in [0.1, 0.15) is 0 Å². The molecular formula is C21H27Cl2NO2. The highest BCUT2D eigenvalue weighted by atomic mass is 35.5. The third kappa shape index (κ3) is 5.00. The number of benzene rings is 1. The molecule has 1 heterocycles. The maximum Gasteiger partial charge on any atom is 0.227 e. The highest BCUT2D eigenvalue weighted by Crippen LogP contribution is 2.30. The van der Waals surface area contributed by atoms with Gasteiger partial charge in [-0.05, 0) is 47.8 Å². The topological polar surface area (TPSA) is 40.5 Å². The summed E-state index contributed by atoms with van der Waals surface area (Å²) >= 11 is 12.5. The molecule has 1 aliphatic heterocycles. The number of halogens is 2. The Kier molecular flexibility index (Phi) is 9.14. The molecule has 0 saturated carbocycles. The predicted octanol–water partition coefficient (Wildman–Crippen LogP) is 5.34. The van der Waals surface area contributed by atoms with E-state index in [2.05, 4.69) is 13.2 Å². The highest BCUT2D eigenvalue weighted by molar-refractivity contribution is 6.36. The molecule has 1 atom stereocenters. The predicted molar refractivity (Wildman–Crippen MR) is 111 cm³/mol. The molecule has 142 valence electrons. The number of allylic oxidation sites excluding steroid dienone is 1. The third-order valence-electron chi connectivity index (χ3n) is 4.41. The van der Waals surface area contributed by atoms with Crippen LogP contribution in [0.4, 0.5) is 0 Å². The van der Waals surface area contributed by atoms with Gasteiger partial charge in [0.05, 0.1) is 19.1 Å². The smallest absolute Gasteiger partial charge is 0.227 e. The van der Waals surface area contributed by atoms with Crippen molar-refractivity contribution in [3.8, 4) is 0 Å². The van der Waals surface area contributed by atoms with Crippen LogP contribution in [-0.2, 0) is 17.8 Å². The van der Waals surface area contributed by atoms with Crippen LogP contribution in [-0.4, -0.2) is 28.5 Å². The van der Waals surface area contributed by atoms with Crippen LogP contribution in [0.5, 0.6) is 0 Å². The van der Waals surface area contributed by atoms with Crippen molar-refractivity contribution in [1.29, 1.82) is 0 Å². The summed E-state index contributed by atoms with van der Waals surface area (Å²) in [6.07, 6.45) is 4.50. The van der Waals surface area contributed by atoms with E-state index in [9.17, 15) is 9.90 Å². The zero-order chi connectivity index (χ0) is 19.9. The first-order chi connectivity index (χ1) is 12.4. The van der Waals surface area contributed by atoms with E-state index in [4.69, 9.17) is 23.2 Å². The zero-order valence-corrected chi connectivity index (χ0v) is 17.2. The van der Waals surface area contributed by atoms with Gasteiger partial charge < -0.3 is 10.0 Å². The standard InChI is InChI=1S/C19H21Cl2NO2.C2H6/c1-4-14-6-7-22(12(3)15(14)5-2)19(24)10-16-17(20)8-13(11-23)9-18(16)21;1-2/h4-5,8-9,12,23H,1-2,6-7,10-11H2,3H3;1-2H3. The molecule has 2 rings (SSSR count). The lowest BCUT2D eigenvalue weighted by molar-refractivity contribution is -0.132. The molecule has 0 spiro atoms. The monoisotopic (exact) mass is 395 g/mol. The quantitative estimate of drug-likeness (QED) is 0.730. The van der Waals surface area contributed by atoms with E-state index in [1.807, 2.05) is 31.7 Å². The van der Waals surface area contributed by atoms with Crippen molar-refractivity contribution in [1.82, 2.24) is 4.90 Å². The summed E-state index contributed by atoms with van der Waals surface area (Å²) in [7, 11) is 0. The van der Waals surface area contributed by atoms with Crippen molar-refractivity contribution in [3.05, 3.63) is 69.8 Å². The van der Waals surface area contributed by atoms with E-state index in [1.54, 1.807) is 18.2 Å². The van der Waals surface area contributed by atoms with Crippen molar-refractivity contribution in [2.24, 2.45) is 0 Å². The largest absolute Gasteiger partial charge is 0.392 e. The van der Waals surface area contributed by atoms with Crippen molar-refractivity contribution in [3.63, 3.8) is 0 Å². The van der Waals surface area contributed by atoms with Crippen LogP contribution in [0, 0.1) is 0 Å². The second-order valence-corrected chi connectivity index (χ2v) is 6.59. The summed E-state index contributed by atoms with van der Waals surface area (Å²) in [5.74, 6) is -0.0366. The molecule has 1 amide bonds. The van der Waals surface area contributed by atoms with Crippen molar-refractivity contribution in [2.75, 3.05) is 6.54 Å². The van der Waals surface area contributed by atoms with Gasteiger partial charge in [-0.3, -0.25) is 4.79 Å². The molecule has 0 fully saturated rings. The molecule has 1 unspecified atom stereocenters. The number of nitrogens with zero attached hydrogens (tertiary/aromatic N) is 1. The molecule has 0 aliphatic carbocycles. The van der Waals surface area contributed by atoms with E-state index in [0.29, 0.717) is 27.7 Å². The van der Waals surface area contributed by atoms with Gasteiger partial charge in [-0.15, -0.1) is 0 Å². The Balaban J connectivity index is 0.00000163. The number of aliphatic hydroxyl groups is 1. The fraction of sp³-hybridized carbons (Fsp3) is 0.381. The van der Waals surface area contributed by atoms with Gasteiger partial charge in [-0.1, -0.05) is 62.4 Å². The van der Waals surface area contributed by atoms with Crippen LogP contribution in [0.1, 0.15) is 38.3 Å². The summed E-state index contributed by atoms with van der Waals surface area (Å²) in [5.41, 5.74) is 3.37. The number of hydrogen-bond acceptors (Lipinski definition) is 2. The first-order valence-electron chi connectivity index (χ1n) is 8.78. The molecule has 1 N–H and O–H groups in total. The normalized spacial score (nSPS) is 16.7. The van der Waals surface area contributed by atoms with Gasteiger partial charge in [0, 0.05) is 16.6 Å². The van der Waals surface area contributed by atoms with Gasteiger partial charge in [0.15, 0.2) is 0 Å². The van der Waals surface area contributed by atoms with Crippen LogP contribution in [0.2, 0.25) is 10.0 Å². The summed E-state index contributed by atoms with van der Waals surface area (Å²) in [6.45, 7) is 14.1. The summed E-state index contributed by atoms with van der Waals surface area (Å²) < 4.78 is 0. The van der Waals surface area contributed by atoms with E-state index in [-0.39, 0.29) is 25.0 Å². The maximum absolute atomic E-state index is 12.8. The highest BCUT2D eigenvalue weighted by Gasteiger charge is 2.28. The fourth-order valence-electron chi connectivity index (χ4n) is 3.05. The lowest BCUT2D eigenvalue weighted by Crippen LogP contribution is -2.44. The molecule has 1 aromatic rings. The first kappa shape index (κ1) is 22.5. The van der Waals surface area contributed by atoms with Crippen molar-refractivity contribution < 1.29 is 9.90 Å². The molecule has 0 bridgehead atoms. The molecule has 0 radical (unpaired) electrons. The van der Waals surface area contributed by atoms with Gasteiger partial charge in [0.2, 0.25) is 5.91 Å². The number of carbonyl (C=O) groups is 1. The minimum Gasteiger partial charge on any atom is -0.392 e. The Morgan fingerprint density at radius 3 is 2.31 bits per heavy atom.